The summed E-state index contributed by atoms with van der Waals surface area (Å²) in [6, 6.07) is 7.90. The molecule has 0 heterocycles. The summed E-state index contributed by atoms with van der Waals surface area (Å²) in [6.45, 7) is 9.03. The number of rotatable bonds is 8. The van der Waals surface area contributed by atoms with Crippen LogP contribution in [0, 0.1) is 0 Å². The lowest BCUT2D eigenvalue weighted by atomic mass is 10.2. The second kappa shape index (κ2) is 7.71. The van der Waals surface area contributed by atoms with Gasteiger partial charge in [0.05, 0.1) is 19.8 Å². The quantitative estimate of drug-likeness (QED) is 0.492. The minimum absolute atomic E-state index is 0.552. The summed E-state index contributed by atoms with van der Waals surface area (Å²) in [5, 5.41) is 0. The SMILES string of the molecule is C=CCCOc1ccccc1COCC=C. The Balaban J connectivity index is 2.52. The van der Waals surface area contributed by atoms with E-state index < -0.39 is 0 Å². The molecule has 0 fully saturated rings. The van der Waals surface area contributed by atoms with Gasteiger partial charge < -0.3 is 9.47 Å². The summed E-state index contributed by atoms with van der Waals surface area (Å²) in [4.78, 5) is 0. The lowest BCUT2D eigenvalue weighted by Crippen LogP contribution is -2.00. The first-order valence-corrected chi connectivity index (χ1v) is 5.38. The van der Waals surface area contributed by atoms with Crippen LogP contribution in [0.15, 0.2) is 49.6 Å². The Bertz CT molecular complexity index is 298. The van der Waals surface area contributed by atoms with Gasteiger partial charge in [-0.05, 0) is 12.5 Å². The van der Waals surface area contributed by atoms with Crippen molar-refractivity contribution in [3.8, 4) is 5.75 Å². The van der Waals surface area contributed by atoms with Crippen molar-refractivity contribution in [3.63, 3.8) is 0 Å². The summed E-state index contributed by atoms with van der Waals surface area (Å²) in [7, 11) is 0. The van der Waals surface area contributed by atoms with Gasteiger partial charge in [-0.2, -0.15) is 0 Å². The van der Waals surface area contributed by atoms with E-state index in [9.17, 15) is 0 Å². The Morgan fingerprint density at radius 2 is 1.94 bits per heavy atom. The van der Waals surface area contributed by atoms with Crippen molar-refractivity contribution in [1.29, 1.82) is 0 Å². The monoisotopic (exact) mass is 218 g/mol. The van der Waals surface area contributed by atoms with Crippen LogP contribution in [0.5, 0.6) is 5.75 Å². The molecule has 1 rings (SSSR count). The van der Waals surface area contributed by atoms with E-state index in [4.69, 9.17) is 9.47 Å². The van der Waals surface area contributed by atoms with Gasteiger partial charge in [-0.15, -0.1) is 13.2 Å². The van der Waals surface area contributed by atoms with Gasteiger partial charge >= 0.3 is 0 Å². The van der Waals surface area contributed by atoms with Crippen molar-refractivity contribution >= 4 is 0 Å². The van der Waals surface area contributed by atoms with E-state index >= 15 is 0 Å². The average molecular weight is 218 g/mol. The predicted octanol–water partition coefficient (Wildman–Crippen LogP) is 3.34. The van der Waals surface area contributed by atoms with Crippen LogP contribution in [0.3, 0.4) is 0 Å². The summed E-state index contributed by atoms with van der Waals surface area (Å²) in [6.07, 6.45) is 4.43. The summed E-state index contributed by atoms with van der Waals surface area (Å²) < 4.78 is 11.0. The van der Waals surface area contributed by atoms with E-state index in [1.165, 1.54) is 0 Å². The Kier molecular flexibility index (Phi) is 6.04. The third-order valence-electron chi connectivity index (χ3n) is 2.05. The van der Waals surface area contributed by atoms with E-state index in [0.717, 1.165) is 17.7 Å². The van der Waals surface area contributed by atoms with Crippen molar-refractivity contribution in [2.24, 2.45) is 0 Å². The fourth-order valence-corrected chi connectivity index (χ4v) is 1.27. The van der Waals surface area contributed by atoms with E-state index in [-0.39, 0.29) is 0 Å². The molecule has 0 atom stereocenters. The molecular formula is C14H18O2. The maximum absolute atomic E-state index is 5.63. The van der Waals surface area contributed by atoms with Gasteiger partial charge in [-0.25, -0.2) is 0 Å². The molecule has 1 aromatic rings. The van der Waals surface area contributed by atoms with Crippen LogP contribution < -0.4 is 4.74 Å². The summed E-state index contributed by atoms with van der Waals surface area (Å²) >= 11 is 0. The van der Waals surface area contributed by atoms with E-state index in [2.05, 4.69) is 13.2 Å². The molecule has 0 aliphatic heterocycles. The van der Waals surface area contributed by atoms with Crippen LogP contribution in [-0.4, -0.2) is 13.2 Å². The molecule has 2 nitrogen and oxygen atoms in total. The summed E-state index contributed by atoms with van der Waals surface area (Å²) in [5.74, 6) is 0.883. The highest BCUT2D eigenvalue weighted by Gasteiger charge is 2.01. The highest BCUT2D eigenvalue weighted by Crippen LogP contribution is 2.18. The zero-order chi connectivity index (χ0) is 11.6. The molecule has 86 valence electrons. The summed E-state index contributed by atoms with van der Waals surface area (Å²) in [5.41, 5.74) is 1.06. The Labute approximate surface area is 97.2 Å². The van der Waals surface area contributed by atoms with Gasteiger partial charge in [0.1, 0.15) is 5.75 Å². The number of hydrogen-bond donors (Lipinski definition) is 0. The van der Waals surface area contributed by atoms with E-state index in [1.54, 1.807) is 6.08 Å². The van der Waals surface area contributed by atoms with E-state index in [1.807, 2.05) is 30.3 Å². The first kappa shape index (κ1) is 12.5. The molecule has 0 aliphatic rings. The first-order chi connectivity index (χ1) is 7.88. The van der Waals surface area contributed by atoms with Gasteiger partial charge in [0.2, 0.25) is 0 Å². The molecule has 0 saturated heterocycles. The van der Waals surface area contributed by atoms with Crippen LogP contribution in [-0.2, 0) is 11.3 Å². The fraction of sp³-hybridized carbons (Fsp3) is 0.286. The number of para-hydroxylation sites is 1. The van der Waals surface area contributed by atoms with Crippen LogP contribution in [0.25, 0.3) is 0 Å². The highest BCUT2D eigenvalue weighted by molar-refractivity contribution is 5.32. The zero-order valence-electron chi connectivity index (χ0n) is 9.52. The van der Waals surface area contributed by atoms with Gasteiger partial charge in [0.25, 0.3) is 0 Å². The second-order valence-corrected chi connectivity index (χ2v) is 3.34. The van der Waals surface area contributed by atoms with Gasteiger partial charge in [-0.1, -0.05) is 30.4 Å². The molecule has 0 N–H and O–H groups in total. The van der Waals surface area contributed by atoms with Crippen LogP contribution >= 0.6 is 0 Å². The molecule has 2 heteroatoms. The van der Waals surface area contributed by atoms with Crippen LogP contribution in [0.2, 0.25) is 0 Å². The average Bonchev–Trinajstić information content (AvgIpc) is 2.32. The number of benzene rings is 1. The molecule has 0 radical (unpaired) electrons. The molecule has 0 saturated carbocycles. The molecule has 0 aliphatic carbocycles. The van der Waals surface area contributed by atoms with Gasteiger partial charge in [-0.3, -0.25) is 0 Å². The molecule has 0 unspecified atom stereocenters. The zero-order valence-corrected chi connectivity index (χ0v) is 9.52. The molecule has 0 aromatic heterocycles. The fourth-order valence-electron chi connectivity index (χ4n) is 1.27. The normalized spacial score (nSPS) is 9.75. The lowest BCUT2D eigenvalue weighted by molar-refractivity contribution is 0.145. The highest BCUT2D eigenvalue weighted by atomic mass is 16.5. The molecule has 0 bridgehead atoms. The Hall–Kier alpha value is -1.54. The van der Waals surface area contributed by atoms with Crippen LogP contribution in [0.1, 0.15) is 12.0 Å². The van der Waals surface area contributed by atoms with Crippen molar-refractivity contribution in [2.75, 3.05) is 13.2 Å². The molecule has 0 spiro atoms. The van der Waals surface area contributed by atoms with Crippen LogP contribution in [0.4, 0.5) is 0 Å². The Morgan fingerprint density at radius 1 is 1.12 bits per heavy atom. The number of hydrogen-bond acceptors (Lipinski definition) is 2. The van der Waals surface area contributed by atoms with Gasteiger partial charge in [0, 0.05) is 5.56 Å². The smallest absolute Gasteiger partial charge is 0.124 e. The maximum Gasteiger partial charge on any atom is 0.124 e. The second-order valence-electron chi connectivity index (χ2n) is 3.34. The minimum atomic E-state index is 0.552. The third kappa shape index (κ3) is 4.32. The van der Waals surface area contributed by atoms with Crippen molar-refractivity contribution in [1.82, 2.24) is 0 Å². The molecule has 16 heavy (non-hydrogen) atoms. The largest absolute Gasteiger partial charge is 0.493 e. The Morgan fingerprint density at radius 3 is 2.69 bits per heavy atom. The molecular weight excluding hydrogens is 200 g/mol. The first-order valence-electron chi connectivity index (χ1n) is 5.38. The van der Waals surface area contributed by atoms with Crippen molar-refractivity contribution in [2.45, 2.75) is 13.0 Å². The standard InChI is InChI=1S/C14H18O2/c1-3-5-11-16-14-9-7-6-8-13(14)12-15-10-4-2/h3-4,6-9H,1-2,5,10-12H2. The molecule has 0 amide bonds. The lowest BCUT2D eigenvalue weighted by Gasteiger charge is -2.10. The maximum atomic E-state index is 5.63. The van der Waals surface area contributed by atoms with Gasteiger partial charge in [0.15, 0.2) is 0 Å². The minimum Gasteiger partial charge on any atom is -0.493 e. The van der Waals surface area contributed by atoms with Crippen molar-refractivity contribution in [3.05, 3.63) is 55.1 Å². The van der Waals surface area contributed by atoms with Crippen molar-refractivity contribution < 1.29 is 9.47 Å². The third-order valence-corrected chi connectivity index (χ3v) is 2.05. The number of ether oxygens (including phenoxy) is 2. The topological polar surface area (TPSA) is 18.5 Å². The van der Waals surface area contributed by atoms with E-state index in [0.29, 0.717) is 19.8 Å². The molecule has 1 aromatic carbocycles. The predicted molar refractivity (Wildman–Crippen MR) is 66.6 cm³/mol.